The number of hydrogen-bond donors (Lipinski definition) is 1. The Labute approximate surface area is 190 Å². The fourth-order valence-electron chi connectivity index (χ4n) is 2.99. The Balaban J connectivity index is 1.48. The number of aromatic nitrogens is 1. The third-order valence-electron chi connectivity index (χ3n) is 4.58. The molecule has 0 saturated carbocycles. The largest absolute Gasteiger partial charge is 0.487 e. The van der Waals surface area contributed by atoms with Crippen molar-refractivity contribution >= 4 is 16.5 Å². The van der Waals surface area contributed by atoms with E-state index in [1.807, 2.05) is 5.38 Å². The minimum absolute atomic E-state index is 0.0629. The van der Waals surface area contributed by atoms with Crippen LogP contribution >= 0.6 is 11.3 Å². The number of halogens is 2. The van der Waals surface area contributed by atoms with Crippen molar-refractivity contribution in [3.05, 3.63) is 29.1 Å². The first-order valence-corrected chi connectivity index (χ1v) is 11.4. The highest BCUT2D eigenvalue weighted by atomic mass is 32.1. The number of nitrogens with two attached hydrogens (primary N) is 1. The molecule has 1 aromatic carbocycles. The van der Waals surface area contributed by atoms with Crippen molar-refractivity contribution in [2.24, 2.45) is 5.73 Å². The number of hydrogen-bond acceptors (Lipinski definition) is 9. The van der Waals surface area contributed by atoms with E-state index in [2.05, 4.69) is 9.88 Å². The summed E-state index contributed by atoms with van der Waals surface area (Å²) in [6.45, 7) is 5.71. The first kappa shape index (κ1) is 24.7. The Hall–Kier alpha value is -1.89. The van der Waals surface area contributed by atoms with Crippen molar-refractivity contribution in [1.29, 1.82) is 0 Å². The third kappa shape index (κ3) is 7.32. The van der Waals surface area contributed by atoms with Crippen LogP contribution in [0.1, 0.15) is 0 Å². The maximum atomic E-state index is 14.5. The monoisotopic (exact) mass is 473 g/mol. The van der Waals surface area contributed by atoms with Gasteiger partial charge in [0.15, 0.2) is 16.7 Å². The molecule has 8 nitrogen and oxygen atoms in total. The van der Waals surface area contributed by atoms with E-state index in [0.29, 0.717) is 64.1 Å². The second kappa shape index (κ2) is 13.6. The van der Waals surface area contributed by atoms with Crippen molar-refractivity contribution in [1.82, 2.24) is 4.98 Å². The van der Waals surface area contributed by atoms with Gasteiger partial charge in [0.1, 0.15) is 6.61 Å². The number of ether oxygens (including phenoxy) is 5. The normalized spacial score (nSPS) is 14.2. The molecule has 0 radical (unpaired) electrons. The highest BCUT2D eigenvalue weighted by molar-refractivity contribution is 7.14. The lowest BCUT2D eigenvalue weighted by molar-refractivity contribution is 0.0104. The minimum Gasteiger partial charge on any atom is -0.487 e. The van der Waals surface area contributed by atoms with Crippen molar-refractivity contribution in [3.8, 4) is 17.0 Å². The maximum Gasteiger partial charge on any atom is 0.201 e. The van der Waals surface area contributed by atoms with Crippen LogP contribution in [0.5, 0.6) is 5.75 Å². The molecule has 1 aliphatic heterocycles. The summed E-state index contributed by atoms with van der Waals surface area (Å²) in [4.78, 5) is 6.70. The van der Waals surface area contributed by atoms with Crippen LogP contribution in [0.15, 0.2) is 17.5 Å². The number of morpholine rings is 1. The minimum atomic E-state index is -1.04. The first-order valence-electron chi connectivity index (χ1n) is 10.5. The molecule has 32 heavy (non-hydrogen) atoms. The second-order valence-electron chi connectivity index (χ2n) is 6.83. The molecule has 2 heterocycles. The van der Waals surface area contributed by atoms with E-state index < -0.39 is 11.6 Å². The van der Waals surface area contributed by atoms with E-state index in [9.17, 15) is 8.78 Å². The van der Waals surface area contributed by atoms with Crippen LogP contribution in [-0.4, -0.2) is 84.1 Å². The first-order chi connectivity index (χ1) is 15.7. The van der Waals surface area contributed by atoms with Gasteiger partial charge in [0.25, 0.3) is 0 Å². The molecule has 3 rings (SSSR count). The standard InChI is InChI=1S/C21H29F2N3O5S/c22-17-2-1-16(18-15-32-21(25-18)26-4-7-28-8-5-26)20(19(17)23)31-14-13-30-12-11-29-10-9-27-6-3-24/h1-2,15H,3-14,24H2. The van der Waals surface area contributed by atoms with Crippen LogP contribution in [-0.2, 0) is 18.9 Å². The molecule has 1 fully saturated rings. The van der Waals surface area contributed by atoms with E-state index in [0.717, 1.165) is 24.3 Å². The summed E-state index contributed by atoms with van der Waals surface area (Å²) >= 11 is 1.45. The topological polar surface area (TPSA) is 88.3 Å². The Bertz CT molecular complexity index is 821. The van der Waals surface area contributed by atoms with Crippen molar-refractivity contribution < 1.29 is 32.5 Å². The van der Waals surface area contributed by atoms with Gasteiger partial charge in [-0.1, -0.05) is 0 Å². The number of thiazole rings is 1. The fraction of sp³-hybridized carbons (Fsp3) is 0.571. The van der Waals surface area contributed by atoms with Gasteiger partial charge in [-0.2, -0.15) is 4.39 Å². The van der Waals surface area contributed by atoms with Gasteiger partial charge in [-0.15, -0.1) is 11.3 Å². The van der Waals surface area contributed by atoms with Gasteiger partial charge >= 0.3 is 0 Å². The average Bonchev–Trinajstić information content (AvgIpc) is 3.31. The zero-order valence-electron chi connectivity index (χ0n) is 17.9. The van der Waals surface area contributed by atoms with Gasteiger partial charge < -0.3 is 34.3 Å². The van der Waals surface area contributed by atoms with E-state index >= 15 is 0 Å². The molecule has 2 aromatic rings. The lowest BCUT2D eigenvalue weighted by atomic mass is 10.1. The van der Waals surface area contributed by atoms with Crippen LogP contribution in [0.3, 0.4) is 0 Å². The Kier molecular flexibility index (Phi) is 10.5. The summed E-state index contributed by atoms with van der Waals surface area (Å²) in [6, 6.07) is 2.56. The lowest BCUT2D eigenvalue weighted by Crippen LogP contribution is -2.36. The molecule has 178 valence electrons. The Morgan fingerprint density at radius 1 is 0.969 bits per heavy atom. The maximum absolute atomic E-state index is 14.5. The van der Waals surface area contributed by atoms with Crippen molar-refractivity contribution in [2.45, 2.75) is 0 Å². The molecule has 1 aromatic heterocycles. The smallest absolute Gasteiger partial charge is 0.201 e. The summed E-state index contributed by atoms with van der Waals surface area (Å²) in [5, 5.41) is 2.63. The number of benzene rings is 1. The van der Waals surface area contributed by atoms with Gasteiger partial charge in [0, 0.05) is 30.6 Å². The van der Waals surface area contributed by atoms with Crippen LogP contribution in [0, 0.1) is 11.6 Å². The van der Waals surface area contributed by atoms with E-state index in [1.54, 1.807) is 0 Å². The average molecular weight is 474 g/mol. The predicted octanol–water partition coefficient (Wildman–Crippen LogP) is 2.31. The van der Waals surface area contributed by atoms with Crippen molar-refractivity contribution in [3.63, 3.8) is 0 Å². The molecule has 0 atom stereocenters. The molecule has 11 heteroatoms. The summed E-state index contributed by atoms with van der Waals surface area (Å²) < 4.78 is 55.2. The Morgan fingerprint density at radius 2 is 1.62 bits per heavy atom. The van der Waals surface area contributed by atoms with Crippen LogP contribution in [0.4, 0.5) is 13.9 Å². The number of anilines is 1. The molecule has 0 unspecified atom stereocenters. The fourth-order valence-corrected chi connectivity index (χ4v) is 3.87. The van der Waals surface area contributed by atoms with Gasteiger partial charge in [-0.05, 0) is 12.1 Å². The molecule has 0 aliphatic carbocycles. The summed E-state index contributed by atoms with van der Waals surface area (Å²) in [6.07, 6.45) is 0. The zero-order chi connectivity index (χ0) is 22.6. The van der Waals surface area contributed by atoms with Crippen molar-refractivity contribution in [2.75, 3.05) is 84.0 Å². The quantitative estimate of drug-likeness (QED) is 0.418. The summed E-state index contributed by atoms with van der Waals surface area (Å²) in [5.41, 5.74) is 6.26. The van der Waals surface area contributed by atoms with Gasteiger partial charge in [0.2, 0.25) is 5.82 Å². The highest BCUT2D eigenvalue weighted by Gasteiger charge is 2.20. The molecular weight excluding hydrogens is 444 g/mol. The highest BCUT2D eigenvalue weighted by Crippen LogP contribution is 2.36. The molecule has 2 N–H and O–H groups in total. The van der Waals surface area contributed by atoms with Crippen LogP contribution < -0.4 is 15.4 Å². The van der Waals surface area contributed by atoms with Gasteiger partial charge in [-0.25, -0.2) is 9.37 Å². The SMILES string of the molecule is NCCOCCOCCOCCOc1c(-c2csc(N3CCOCC3)n2)ccc(F)c1F. The molecule has 1 aliphatic rings. The summed E-state index contributed by atoms with van der Waals surface area (Å²) in [5.74, 6) is -2.18. The van der Waals surface area contributed by atoms with Gasteiger partial charge in [-0.3, -0.25) is 0 Å². The molecule has 0 spiro atoms. The lowest BCUT2D eigenvalue weighted by Gasteiger charge is -2.26. The van der Waals surface area contributed by atoms with E-state index in [4.69, 9.17) is 29.4 Å². The molecular formula is C21H29F2N3O5S. The molecule has 0 amide bonds. The number of nitrogens with zero attached hydrogens (tertiary/aromatic N) is 2. The van der Waals surface area contributed by atoms with E-state index in [-0.39, 0.29) is 19.0 Å². The Morgan fingerprint density at radius 3 is 2.31 bits per heavy atom. The zero-order valence-corrected chi connectivity index (χ0v) is 18.7. The van der Waals surface area contributed by atoms with E-state index in [1.165, 1.54) is 17.4 Å². The summed E-state index contributed by atoms with van der Waals surface area (Å²) in [7, 11) is 0. The second-order valence-corrected chi connectivity index (χ2v) is 7.66. The molecule has 0 bridgehead atoms. The molecule has 1 saturated heterocycles. The van der Waals surface area contributed by atoms with Crippen LogP contribution in [0.25, 0.3) is 11.3 Å². The van der Waals surface area contributed by atoms with Gasteiger partial charge in [0.05, 0.1) is 58.5 Å². The predicted molar refractivity (Wildman–Crippen MR) is 118 cm³/mol. The third-order valence-corrected chi connectivity index (χ3v) is 5.48. The number of rotatable bonds is 14. The van der Waals surface area contributed by atoms with Crippen LogP contribution in [0.2, 0.25) is 0 Å².